The highest BCUT2D eigenvalue weighted by Crippen LogP contribution is 2.32. The Kier molecular flexibility index (Phi) is 8.83. The Labute approximate surface area is 227 Å². The summed E-state index contributed by atoms with van der Waals surface area (Å²) in [6.45, 7) is 0.610. The van der Waals surface area contributed by atoms with E-state index in [1.807, 2.05) is 12.1 Å². The molecular formula is C27H37N7O3S. The molecule has 5 amide bonds. The molecule has 1 saturated heterocycles. The molecule has 3 heterocycles. The maximum Gasteiger partial charge on any atom is 0.324 e. The second kappa shape index (κ2) is 12.6. The molecular weight excluding hydrogens is 502 g/mol. The van der Waals surface area contributed by atoms with E-state index in [4.69, 9.17) is 0 Å². The van der Waals surface area contributed by atoms with Crippen molar-refractivity contribution in [2.24, 2.45) is 0 Å². The molecule has 2 N–H and O–H groups in total. The maximum absolute atomic E-state index is 13.8. The number of rotatable bonds is 5. The zero-order chi connectivity index (χ0) is 26.3. The first-order chi connectivity index (χ1) is 18.6. The quantitative estimate of drug-likeness (QED) is 0.517. The number of pyridine rings is 1. The Morgan fingerprint density at radius 1 is 0.947 bits per heavy atom. The Hall–Kier alpha value is -3.08. The smallest absolute Gasteiger partial charge is 0.324 e. The molecule has 0 unspecified atom stereocenters. The van der Waals surface area contributed by atoms with E-state index in [1.54, 1.807) is 17.3 Å². The third kappa shape index (κ3) is 6.14. The summed E-state index contributed by atoms with van der Waals surface area (Å²) in [5, 5.41) is 10.4. The van der Waals surface area contributed by atoms with Gasteiger partial charge in [-0.2, -0.15) is 0 Å². The van der Waals surface area contributed by atoms with Gasteiger partial charge in [-0.15, -0.1) is 5.10 Å². The molecule has 2 aliphatic carbocycles. The molecule has 1 atom stereocenters. The maximum atomic E-state index is 13.8. The molecule has 0 radical (unpaired) electrons. The minimum Gasteiger partial charge on any atom is -0.335 e. The van der Waals surface area contributed by atoms with Crippen LogP contribution in [0.4, 0.5) is 14.6 Å². The zero-order valence-corrected chi connectivity index (χ0v) is 22.6. The number of hydrogen-bond acceptors (Lipinski definition) is 7. The van der Waals surface area contributed by atoms with Crippen LogP contribution in [0.3, 0.4) is 0 Å². The lowest BCUT2D eigenvalue weighted by molar-refractivity contribution is 0.0697. The third-order valence-corrected chi connectivity index (χ3v) is 8.70. The molecule has 11 heteroatoms. The molecule has 0 spiro atoms. The summed E-state index contributed by atoms with van der Waals surface area (Å²) in [4.78, 5) is 48.1. The fraction of sp³-hybridized carbons (Fsp3) is 0.630. The number of imide groups is 1. The Bertz CT molecular complexity index is 1100. The second-order valence-electron chi connectivity index (χ2n) is 10.6. The van der Waals surface area contributed by atoms with Crippen molar-refractivity contribution >= 4 is 34.5 Å². The van der Waals surface area contributed by atoms with Gasteiger partial charge in [0.2, 0.25) is 0 Å². The highest BCUT2D eigenvalue weighted by atomic mass is 32.1. The molecule has 204 valence electrons. The summed E-state index contributed by atoms with van der Waals surface area (Å²) in [6.07, 6.45) is 16.2. The number of carbonyl (C=O) groups excluding carboxylic acids is 3. The van der Waals surface area contributed by atoms with E-state index in [2.05, 4.69) is 25.2 Å². The van der Waals surface area contributed by atoms with Crippen LogP contribution >= 0.6 is 11.5 Å². The van der Waals surface area contributed by atoms with E-state index < -0.39 is 5.91 Å². The molecule has 3 fully saturated rings. The molecule has 2 saturated carbocycles. The highest BCUT2D eigenvalue weighted by Gasteiger charge is 2.36. The number of nitrogens with one attached hydrogen (secondary N) is 2. The summed E-state index contributed by atoms with van der Waals surface area (Å²) in [7, 11) is 0. The standard InChI is InChI=1S/C27H37N7O3S/c35-25(34(21-13-5-2-6-14-21)27(37)29-20-11-3-1-4-12-20)23-24(38-32-31-23)30-26(36)33-17-8-7-15-22(33)19-10-9-16-28-18-19/h9-10,16,18,20-22H,1-8,11-15,17H2,(H,29,37)(H,30,36)/t22-/m0/s1. The normalized spacial score (nSPS) is 21.1. The Morgan fingerprint density at radius 3 is 2.42 bits per heavy atom. The van der Waals surface area contributed by atoms with Crippen LogP contribution in [0.15, 0.2) is 24.5 Å². The van der Waals surface area contributed by atoms with Crippen LogP contribution in [0.25, 0.3) is 0 Å². The first-order valence-electron chi connectivity index (χ1n) is 14.1. The summed E-state index contributed by atoms with van der Waals surface area (Å²) in [5.74, 6) is -0.489. The lowest BCUT2D eigenvalue weighted by Gasteiger charge is -2.36. The molecule has 2 aromatic heterocycles. The van der Waals surface area contributed by atoms with E-state index >= 15 is 0 Å². The summed E-state index contributed by atoms with van der Waals surface area (Å²) in [6, 6.07) is 3.04. The van der Waals surface area contributed by atoms with Gasteiger partial charge in [0.05, 0.1) is 6.04 Å². The molecule has 5 rings (SSSR count). The molecule has 38 heavy (non-hydrogen) atoms. The first-order valence-corrected chi connectivity index (χ1v) is 14.8. The predicted octanol–water partition coefficient (Wildman–Crippen LogP) is 5.51. The van der Waals surface area contributed by atoms with Gasteiger partial charge in [0.1, 0.15) is 0 Å². The van der Waals surface area contributed by atoms with Gasteiger partial charge in [0.25, 0.3) is 5.91 Å². The summed E-state index contributed by atoms with van der Waals surface area (Å²) >= 11 is 0.967. The van der Waals surface area contributed by atoms with Gasteiger partial charge in [-0.05, 0) is 56.6 Å². The number of anilines is 1. The molecule has 3 aliphatic rings. The van der Waals surface area contributed by atoms with Crippen LogP contribution in [0, 0.1) is 0 Å². The van der Waals surface area contributed by atoms with Crippen molar-refractivity contribution in [3.05, 3.63) is 35.8 Å². The van der Waals surface area contributed by atoms with Gasteiger partial charge in [-0.1, -0.05) is 49.1 Å². The van der Waals surface area contributed by atoms with E-state index in [9.17, 15) is 14.4 Å². The van der Waals surface area contributed by atoms with Crippen LogP contribution in [0.2, 0.25) is 0 Å². The van der Waals surface area contributed by atoms with E-state index in [-0.39, 0.29) is 40.9 Å². The molecule has 2 aromatic rings. The number of carbonyl (C=O) groups is 3. The minimum atomic E-state index is -0.489. The fourth-order valence-corrected chi connectivity index (χ4v) is 6.60. The molecule has 0 bridgehead atoms. The Morgan fingerprint density at radius 2 is 1.68 bits per heavy atom. The number of likely N-dealkylation sites (tertiary alicyclic amines) is 1. The van der Waals surface area contributed by atoms with Crippen molar-refractivity contribution in [3.63, 3.8) is 0 Å². The van der Waals surface area contributed by atoms with Gasteiger partial charge in [0, 0.05) is 42.6 Å². The van der Waals surface area contributed by atoms with E-state index in [0.29, 0.717) is 6.54 Å². The van der Waals surface area contributed by atoms with Crippen molar-refractivity contribution in [2.75, 3.05) is 11.9 Å². The van der Waals surface area contributed by atoms with Gasteiger partial charge in [0.15, 0.2) is 10.7 Å². The summed E-state index contributed by atoms with van der Waals surface area (Å²) in [5.41, 5.74) is 1.02. The molecule has 1 aliphatic heterocycles. The lowest BCUT2D eigenvalue weighted by atomic mass is 9.93. The van der Waals surface area contributed by atoms with Crippen molar-refractivity contribution < 1.29 is 14.4 Å². The predicted molar refractivity (Wildman–Crippen MR) is 145 cm³/mol. The summed E-state index contributed by atoms with van der Waals surface area (Å²) < 4.78 is 3.99. The van der Waals surface area contributed by atoms with Crippen LogP contribution in [0.5, 0.6) is 0 Å². The van der Waals surface area contributed by atoms with Crippen molar-refractivity contribution in [1.82, 2.24) is 29.7 Å². The van der Waals surface area contributed by atoms with E-state index in [1.165, 1.54) is 11.3 Å². The van der Waals surface area contributed by atoms with Gasteiger partial charge in [-0.3, -0.25) is 20.0 Å². The second-order valence-corrected chi connectivity index (χ2v) is 11.4. The average molecular weight is 540 g/mol. The monoisotopic (exact) mass is 539 g/mol. The third-order valence-electron chi connectivity index (χ3n) is 8.05. The van der Waals surface area contributed by atoms with Crippen molar-refractivity contribution in [1.29, 1.82) is 0 Å². The Balaban J connectivity index is 1.33. The fourth-order valence-electron chi connectivity index (χ4n) is 6.04. The average Bonchev–Trinajstić information content (AvgIpc) is 3.43. The number of amides is 5. The number of urea groups is 2. The van der Waals surface area contributed by atoms with E-state index in [0.717, 1.165) is 94.1 Å². The lowest BCUT2D eigenvalue weighted by Crippen LogP contribution is -2.53. The van der Waals surface area contributed by atoms with Crippen molar-refractivity contribution in [2.45, 2.75) is 102 Å². The van der Waals surface area contributed by atoms with Crippen LogP contribution in [0.1, 0.15) is 106 Å². The minimum absolute atomic E-state index is 0.0302. The largest absolute Gasteiger partial charge is 0.335 e. The van der Waals surface area contributed by atoms with Gasteiger partial charge >= 0.3 is 12.1 Å². The number of hydrogen-bond donors (Lipinski definition) is 2. The zero-order valence-electron chi connectivity index (χ0n) is 21.8. The number of aromatic nitrogens is 3. The van der Waals surface area contributed by atoms with Crippen LogP contribution in [-0.2, 0) is 0 Å². The SMILES string of the molecule is O=C(NC1CCCCC1)N(C(=O)c1nnsc1NC(=O)N1CCCC[C@H]1c1cccnc1)C1CCCCC1. The molecule has 0 aromatic carbocycles. The van der Waals surface area contributed by atoms with Crippen LogP contribution < -0.4 is 10.6 Å². The topological polar surface area (TPSA) is 120 Å². The van der Waals surface area contributed by atoms with Gasteiger partial charge < -0.3 is 10.2 Å². The van der Waals surface area contributed by atoms with Crippen LogP contribution in [-0.4, -0.2) is 61.0 Å². The van der Waals surface area contributed by atoms with Crippen molar-refractivity contribution in [3.8, 4) is 0 Å². The number of nitrogens with zero attached hydrogens (tertiary/aromatic N) is 5. The first kappa shape index (κ1) is 26.5. The highest BCUT2D eigenvalue weighted by molar-refractivity contribution is 7.10. The molecule has 10 nitrogen and oxygen atoms in total. The van der Waals surface area contributed by atoms with Gasteiger partial charge in [-0.25, -0.2) is 9.59 Å². The number of piperidine rings is 1.